The lowest BCUT2D eigenvalue weighted by molar-refractivity contribution is -0.659. The molecule has 1 heterocycles. The maximum atomic E-state index is 2.40. The summed E-state index contributed by atoms with van der Waals surface area (Å²) in [6, 6.07) is 27.9. The van der Waals surface area contributed by atoms with Gasteiger partial charge < -0.3 is 21.9 Å². The minimum atomic E-state index is 0. The molecule has 0 aliphatic carbocycles. The molecule has 0 bridgehead atoms. The first kappa shape index (κ1) is 20.3. The van der Waals surface area contributed by atoms with Crippen LogP contribution in [0, 0.1) is 0 Å². The molecule has 3 aromatic carbocycles. The zero-order valence-corrected chi connectivity index (χ0v) is 18.5. The predicted molar refractivity (Wildman–Crippen MR) is 117 cm³/mol. The van der Waals surface area contributed by atoms with Crippen LogP contribution in [0.2, 0.25) is 0 Å². The molecule has 4 aromatic rings. The van der Waals surface area contributed by atoms with Crippen molar-refractivity contribution >= 4 is 39.4 Å². The molecule has 0 saturated heterocycles. The Morgan fingerprint density at radius 1 is 0.821 bits per heavy atom. The fourth-order valence-electron chi connectivity index (χ4n) is 3.16. The number of thiazole rings is 1. The predicted octanol–water partition coefficient (Wildman–Crippen LogP) is 2.48. The van der Waals surface area contributed by atoms with Crippen molar-refractivity contribution in [2.45, 2.75) is 6.54 Å². The number of hydrogen-bond donors (Lipinski definition) is 0. The zero-order chi connectivity index (χ0) is 18.6. The minimum absolute atomic E-state index is 0. The van der Waals surface area contributed by atoms with E-state index in [1.165, 1.54) is 32.0 Å². The first-order valence-corrected chi connectivity index (χ1v) is 9.93. The topological polar surface area (TPSA) is 7.12 Å². The minimum Gasteiger partial charge on any atom is -1.00 e. The second-order valence-electron chi connectivity index (χ2n) is 6.80. The molecule has 0 saturated carbocycles. The van der Waals surface area contributed by atoms with E-state index < -0.39 is 0 Å². The van der Waals surface area contributed by atoms with Crippen LogP contribution in [0.15, 0.2) is 78.9 Å². The lowest BCUT2D eigenvalue weighted by Gasteiger charge is -2.11. The molecule has 0 unspecified atom stereocenters. The quantitative estimate of drug-likeness (QED) is 0.423. The number of nitrogens with zero attached hydrogens (tertiary/aromatic N) is 2. The van der Waals surface area contributed by atoms with E-state index in [9.17, 15) is 0 Å². The van der Waals surface area contributed by atoms with Gasteiger partial charge in [-0.05, 0) is 29.8 Å². The van der Waals surface area contributed by atoms with E-state index in [0.717, 1.165) is 6.54 Å². The molecule has 0 aliphatic rings. The van der Waals surface area contributed by atoms with Gasteiger partial charge in [0.25, 0.3) is 5.01 Å². The van der Waals surface area contributed by atoms with Gasteiger partial charge in [0.05, 0.1) is 0 Å². The smallest absolute Gasteiger partial charge is 0.263 e. The summed E-state index contributed by atoms with van der Waals surface area (Å²) in [7, 11) is 4.13. The summed E-state index contributed by atoms with van der Waals surface area (Å²) in [5.74, 6) is 0. The molecular formula is C24H23BrN2S. The Kier molecular flexibility index (Phi) is 6.65. The van der Waals surface area contributed by atoms with Crippen LogP contribution in [0.3, 0.4) is 0 Å². The highest BCUT2D eigenvalue weighted by Gasteiger charge is 2.18. The van der Waals surface area contributed by atoms with Crippen LogP contribution in [0.25, 0.3) is 22.4 Å². The average molecular weight is 451 g/mol. The van der Waals surface area contributed by atoms with Gasteiger partial charge in [0.1, 0.15) is 4.70 Å². The van der Waals surface area contributed by atoms with Gasteiger partial charge in [0.15, 0.2) is 6.54 Å². The summed E-state index contributed by atoms with van der Waals surface area (Å²) in [6.45, 7) is 0.879. The Bertz CT molecular complexity index is 1070. The first-order valence-electron chi connectivity index (χ1n) is 9.11. The van der Waals surface area contributed by atoms with Gasteiger partial charge in [0, 0.05) is 37.5 Å². The third-order valence-corrected chi connectivity index (χ3v) is 5.78. The van der Waals surface area contributed by atoms with Crippen LogP contribution in [0.4, 0.5) is 5.69 Å². The Hall–Kier alpha value is -2.43. The van der Waals surface area contributed by atoms with Crippen LogP contribution in [-0.4, -0.2) is 14.1 Å². The highest BCUT2D eigenvalue weighted by molar-refractivity contribution is 7.18. The van der Waals surface area contributed by atoms with E-state index in [4.69, 9.17) is 0 Å². The maximum Gasteiger partial charge on any atom is 0.263 e. The third-order valence-electron chi connectivity index (χ3n) is 4.65. The van der Waals surface area contributed by atoms with Crippen LogP contribution in [0.5, 0.6) is 0 Å². The van der Waals surface area contributed by atoms with Crippen molar-refractivity contribution in [2.75, 3.05) is 19.0 Å². The highest BCUT2D eigenvalue weighted by Crippen LogP contribution is 2.23. The molecule has 142 valence electrons. The number of hydrogen-bond acceptors (Lipinski definition) is 2. The van der Waals surface area contributed by atoms with Crippen molar-refractivity contribution in [1.29, 1.82) is 0 Å². The second kappa shape index (κ2) is 9.18. The Morgan fingerprint density at radius 3 is 2.21 bits per heavy atom. The van der Waals surface area contributed by atoms with Gasteiger partial charge in [-0.2, -0.15) is 4.57 Å². The van der Waals surface area contributed by atoms with Gasteiger partial charge in [-0.25, -0.2) is 0 Å². The van der Waals surface area contributed by atoms with Gasteiger partial charge >= 0.3 is 0 Å². The maximum absolute atomic E-state index is 2.40. The van der Waals surface area contributed by atoms with E-state index in [2.05, 4.69) is 115 Å². The number of para-hydroxylation sites is 1. The number of benzene rings is 3. The lowest BCUT2D eigenvalue weighted by Crippen LogP contribution is -3.00. The van der Waals surface area contributed by atoms with Crippen molar-refractivity contribution in [1.82, 2.24) is 0 Å². The highest BCUT2D eigenvalue weighted by atomic mass is 79.9. The second-order valence-corrected chi connectivity index (χ2v) is 7.86. The van der Waals surface area contributed by atoms with Crippen molar-refractivity contribution in [3.05, 3.63) is 95.0 Å². The molecule has 2 nitrogen and oxygen atoms in total. The van der Waals surface area contributed by atoms with E-state index in [1.54, 1.807) is 0 Å². The number of anilines is 1. The molecule has 0 spiro atoms. The van der Waals surface area contributed by atoms with Gasteiger partial charge in [-0.15, -0.1) is 0 Å². The Morgan fingerprint density at radius 2 is 1.50 bits per heavy atom. The van der Waals surface area contributed by atoms with E-state index >= 15 is 0 Å². The number of fused-ring (bicyclic) bond motifs is 1. The summed E-state index contributed by atoms with van der Waals surface area (Å²) in [6.07, 6.45) is 4.43. The number of aromatic nitrogens is 1. The SMILES string of the molecule is CN(C)c1ccc(/C=C/c2sc3ccccc3[n+]2Cc2ccccc2)cc1.[Br-]. The summed E-state index contributed by atoms with van der Waals surface area (Å²) < 4.78 is 3.72. The summed E-state index contributed by atoms with van der Waals surface area (Å²) in [5.41, 5.74) is 5.03. The van der Waals surface area contributed by atoms with Gasteiger partial charge in [-0.1, -0.05) is 65.9 Å². The molecule has 28 heavy (non-hydrogen) atoms. The normalized spacial score (nSPS) is 10.9. The van der Waals surface area contributed by atoms with Crippen molar-refractivity contribution in [2.24, 2.45) is 0 Å². The van der Waals surface area contributed by atoms with Crippen LogP contribution in [0.1, 0.15) is 16.1 Å². The Labute approximate surface area is 181 Å². The monoisotopic (exact) mass is 450 g/mol. The van der Waals surface area contributed by atoms with E-state index in [0.29, 0.717) is 0 Å². The first-order chi connectivity index (χ1) is 13.2. The molecule has 4 heteroatoms. The van der Waals surface area contributed by atoms with Crippen molar-refractivity contribution < 1.29 is 21.5 Å². The summed E-state index contributed by atoms with van der Waals surface area (Å²) in [5, 5.41) is 1.26. The Balaban J connectivity index is 0.00000225. The molecule has 0 aliphatic heterocycles. The van der Waals surface area contributed by atoms with Crippen LogP contribution < -0.4 is 26.4 Å². The summed E-state index contributed by atoms with van der Waals surface area (Å²) in [4.78, 5) is 2.12. The van der Waals surface area contributed by atoms with Crippen LogP contribution >= 0.6 is 11.3 Å². The largest absolute Gasteiger partial charge is 1.00 e. The fraction of sp³-hybridized carbons (Fsp3) is 0.125. The molecule has 1 aromatic heterocycles. The summed E-state index contributed by atoms with van der Waals surface area (Å²) >= 11 is 1.84. The number of halogens is 1. The van der Waals surface area contributed by atoms with Crippen molar-refractivity contribution in [3.8, 4) is 0 Å². The molecule has 0 amide bonds. The van der Waals surface area contributed by atoms with Crippen molar-refractivity contribution in [3.63, 3.8) is 0 Å². The molecule has 0 fully saturated rings. The van der Waals surface area contributed by atoms with Crippen LogP contribution in [-0.2, 0) is 6.54 Å². The lowest BCUT2D eigenvalue weighted by atomic mass is 10.2. The zero-order valence-electron chi connectivity index (χ0n) is 16.0. The molecular weight excluding hydrogens is 428 g/mol. The number of rotatable bonds is 5. The average Bonchev–Trinajstić information content (AvgIpc) is 3.05. The standard InChI is InChI=1S/C24H23N2S.BrH/c1-25(2)21-15-12-19(13-16-21)14-17-24-26(18-20-8-4-3-5-9-20)22-10-6-7-11-23(22)27-24;/h3-17H,18H2,1-2H3;1H/q+1;/p-1. The van der Waals surface area contributed by atoms with Gasteiger partial charge in [-0.3, -0.25) is 0 Å². The van der Waals surface area contributed by atoms with E-state index in [-0.39, 0.29) is 17.0 Å². The third kappa shape index (κ3) is 4.51. The van der Waals surface area contributed by atoms with Gasteiger partial charge in [0.2, 0.25) is 5.52 Å². The molecule has 0 atom stereocenters. The molecule has 4 rings (SSSR count). The van der Waals surface area contributed by atoms with E-state index in [1.807, 2.05) is 11.3 Å². The molecule has 0 radical (unpaired) electrons. The molecule has 0 N–H and O–H groups in total. The fourth-order valence-corrected chi connectivity index (χ4v) is 4.22.